The summed E-state index contributed by atoms with van der Waals surface area (Å²) in [6, 6.07) is 3.42. The lowest BCUT2D eigenvalue weighted by atomic mass is 10.2. The van der Waals surface area contributed by atoms with E-state index in [1.54, 1.807) is 23.2 Å². The minimum atomic E-state index is -0.0515. The zero-order valence-corrected chi connectivity index (χ0v) is 7.23. The summed E-state index contributed by atoms with van der Waals surface area (Å²) in [5, 5.41) is 0. The molecule has 0 aromatic carbocycles. The van der Waals surface area contributed by atoms with E-state index in [9.17, 15) is 4.79 Å². The molecule has 0 aliphatic carbocycles. The number of pyridine rings is 1. The van der Waals surface area contributed by atoms with Crippen LogP contribution < -0.4 is 5.73 Å². The van der Waals surface area contributed by atoms with Crippen molar-refractivity contribution in [3.8, 4) is 0 Å². The quantitative estimate of drug-likeness (QED) is 0.680. The number of hydrogen-bond acceptors (Lipinski definition) is 3. The van der Waals surface area contributed by atoms with Crippen LogP contribution in [0.3, 0.4) is 0 Å². The number of hydrogen-bond donors (Lipinski definition) is 1. The second-order valence-electron chi connectivity index (χ2n) is 3.09. The lowest BCUT2D eigenvalue weighted by Crippen LogP contribution is -2.42. The van der Waals surface area contributed by atoms with Crippen molar-refractivity contribution in [2.24, 2.45) is 0 Å². The predicted molar refractivity (Wildman–Crippen MR) is 49.2 cm³/mol. The van der Waals surface area contributed by atoms with Crippen LogP contribution in [0.25, 0.3) is 0 Å². The second-order valence-corrected chi connectivity index (χ2v) is 3.09. The van der Waals surface area contributed by atoms with Crippen molar-refractivity contribution < 1.29 is 4.79 Å². The van der Waals surface area contributed by atoms with Crippen molar-refractivity contribution >= 4 is 11.6 Å². The Balaban J connectivity index is 2.24. The number of carbonyl (C=O) groups excluding carboxylic acids is 1. The lowest BCUT2D eigenvalue weighted by Gasteiger charge is -2.30. The first-order chi connectivity index (χ1) is 6.29. The maximum Gasteiger partial charge on any atom is 0.274 e. The van der Waals surface area contributed by atoms with Gasteiger partial charge in [0.15, 0.2) is 5.69 Å². The number of aromatic nitrogens is 1. The maximum absolute atomic E-state index is 11.6. The highest BCUT2D eigenvalue weighted by Gasteiger charge is 2.23. The molecule has 4 nitrogen and oxygen atoms in total. The first-order valence-corrected chi connectivity index (χ1v) is 4.29. The van der Waals surface area contributed by atoms with Gasteiger partial charge in [-0.05, 0) is 18.6 Å². The number of amides is 1. The smallest absolute Gasteiger partial charge is 0.274 e. The molecule has 1 aliphatic heterocycles. The summed E-state index contributed by atoms with van der Waals surface area (Å²) in [6.07, 6.45) is 2.67. The third-order valence-corrected chi connectivity index (χ3v) is 2.18. The molecule has 1 saturated heterocycles. The van der Waals surface area contributed by atoms with Gasteiger partial charge in [-0.2, -0.15) is 0 Å². The molecule has 0 spiro atoms. The average molecular weight is 177 g/mol. The molecule has 2 heterocycles. The van der Waals surface area contributed by atoms with Gasteiger partial charge in [-0.3, -0.25) is 4.79 Å². The molecule has 4 heteroatoms. The van der Waals surface area contributed by atoms with Gasteiger partial charge in [-0.1, -0.05) is 0 Å². The highest BCUT2D eigenvalue weighted by molar-refractivity contribution is 5.97. The number of nitrogens with two attached hydrogens (primary N) is 1. The van der Waals surface area contributed by atoms with Gasteiger partial charge in [0.25, 0.3) is 5.91 Å². The van der Waals surface area contributed by atoms with E-state index in [2.05, 4.69) is 4.98 Å². The molecule has 2 N–H and O–H groups in total. The topological polar surface area (TPSA) is 59.2 Å². The molecular weight excluding hydrogens is 166 g/mol. The molecule has 1 aromatic rings. The van der Waals surface area contributed by atoms with E-state index in [1.807, 2.05) is 0 Å². The molecule has 2 rings (SSSR count). The summed E-state index contributed by atoms with van der Waals surface area (Å²) in [4.78, 5) is 17.3. The Morgan fingerprint density at radius 3 is 2.85 bits per heavy atom. The molecule has 1 fully saturated rings. The molecule has 13 heavy (non-hydrogen) atoms. The van der Waals surface area contributed by atoms with Gasteiger partial charge in [0, 0.05) is 19.3 Å². The van der Waals surface area contributed by atoms with E-state index in [1.165, 1.54) is 0 Å². The molecule has 1 amide bonds. The van der Waals surface area contributed by atoms with Crippen molar-refractivity contribution in [3.05, 3.63) is 24.0 Å². The van der Waals surface area contributed by atoms with Crippen molar-refractivity contribution in [2.45, 2.75) is 6.42 Å². The first kappa shape index (κ1) is 8.04. The number of rotatable bonds is 1. The van der Waals surface area contributed by atoms with Crippen LogP contribution in [0.15, 0.2) is 18.3 Å². The lowest BCUT2D eigenvalue weighted by molar-refractivity contribution is 0.0647. The number of nitrogens with zero attached hydrogens (tertiary/aromatic N) is 2. The van der Waals surface area contributed by atoms with Crippen LogP contribution in [0, 0.1) is 0 Å². The summed E-state index contributed by atoms with van der Waals surface area (Å²) in [5.41, 5.74) is 6.46. The van der Waals surface area contributed by atoms with Crippen molar-refractivity contribution in [1.82, 2.24) is 9.88 Å². The van der Waals surface area contributed by atoms with Crippen LogP contribution in [-0.2, 0) is 0 Å². The number of nitrogen functional groups attached to an aromatic ring is 1. The molecule has 1 aromatic heterocycles. The van der Waals surface area contributed by atoms with E-state index in [4.69, 9.17) is 5.73 Å². The van der Waals surface area contributed by atoms with Crippen molar-refractivity contribution in [1.29, 1.82) is 0 Å². The molecule has 0 atom stereocenters. The van der Waals surface area contributed by atoms with E-state index < -0.39 is 0 Å². The van der Waals surface area contributed by atoms with Gasteiger partial charge in [0.05, 0.1) is 5.69 Å². The summed E-state index contributed by atoms with van der Waals surface area (Å²) >= 11 is 0. The third-order valence-electron chi connectivity index (χ3n) is 2.18. The normalized spacial score (nSPS) is 15.2. The fourth-order valence-electron chi connectivity index (χ4n) is 1.27. The highest BCUT2D eigenvalue weighted by atomic mass is 16.2. The van der Waals surface area contributed by atoms with Crippen molar-refractivity contribution in [3.63, 3.8) is 0 Å². The van der Waals surface area contributed by atoms with Crippen LogP contribution in [-0.4, -0.2) is 28.9 Å². The van der Waals surface area contributed by atoms with Gasteiger partial charge in [0.1, 0.15) is 0 Å². The van der Waals surface area contributed by atoms with Gasteiger partial charge < -0.3 is 10.6 Å². The maximum atomic E-state index is 11.6. The number of anilines is 1. The first-order valence-electron chi connectivity index (χ1n) is 4.29. The Morgan fingerprint density at radius 2 is 2.31 bits per heavy atom. The molecule has 1 aliphatic rings. The van der Waals surface area contributed by atoms with E-state index in [0.717, 1.165) is 19.5 Å². The zero-order chi connectivity index (χ0) is 9.26. The Labute approximate surface area is 76.4 Å². The summed E-state index contributed by atoms with van der Waals surface area (Å²) in [7, 11) is 0. The van der Waals surface area contributed by atoms with Gasteiger partial charge in [-0.25, -0.2) is 4.98 Å². The summed E-state index contributed by atoms with van der Waals surface area (Å²) < 4.78 is 0. The zero-order valence-electron chi connectivity index (χ0n) is 7.23. The van der Waals surface area contributed by atoms with Gasteiger partial charge in [-0.15, -0.1) is 0 Å². The van der Waals surface area contributed by atoms with Crippen molar-refractivity contribution in [2.75, 3.05) is 18.8 Å². The van der Waals surface area contributed by atoms with E-state index >= 15 is 0 Å². The molecule has 68 valence electrons. The monoisotopic (exact) mass is 177 g/mol. The Bertz CT molecular complexity index is 333. The molecule has 0 saturated carbocycles. The summed E-state index contributed by atoms with van der Waals surface area (Å²) in [5.74, 6) is -0.0515. The standard InChI is InChI=1S/C9H11N3O/c10-7-3-1-4-11-8(7)9(13)12-5-2-6-12/h1,3-4H,2,5-6,10H2. The van der Waals surface area contributed by atoms with E-state index in [0.29, 0.717) is 11.4 Å². The second kappa shape index (κ2) is 3.05. The molecule has 0 bridgehead atoms. The van der Waals surface area contributed by atoms with Crippen LogP contribution in [0.2, 0.25) is 0 Å². The minimum Gasteiger partial charge on any atom is -0.397 e. The van der Waals surface area contributed by atoms with Crippen LogP contribution in [0.1, 0.15) is 16.9 Å². The van der Waals surface area contributed by atoms with E-state index in [-0.39, 0.29) is 5.91 Å². The molecule has 0 unspecified atom stereocenters. The van der Waals surface area contributed by atoms with Gasteiger partial charge in [0.2, 0.25) is 0 Å². The Kier molecular flexibility index (Phi) is 1.88. The largest absolute Gasteiger partial charge is 0.397 e. The third kappa shape index (κ3) is 1.35. The highest BCUT2D eigenvalue weighted by Crippen LogP contribution is 2.14. The predicted octanol–water partition coefficient (Wildman–Crippen LogP) is 0.510. The molecular formula is C9H11N3O. The minimum absolute atomic E-state index is 0.0515. The molecule has 0 radical (unpaired) electrons. The van der Waals surface area contributed by atoms with Crippen LogP contribution >= 0.6 is 0 Å². The summed E-state index contributed by atoms with van der Waals surface area (Å²) in [6.45, 7) is 1.66. The van der Waals surface area contributed by atoms with Crippen LogP contribution in [0.5, 0.6) is 0 Å². The fraction of sp³-hybridized carbons (Fsp3) is 0.333. The number of likely N-dealkylation sites (tertiary alicyclic amines) is 1. The number of carbonyl (C=O) groups is 1. The SMILES string of the molecule is Nc1cccnc1C(=O)N1CCC1. The van der Waals surface area contributed by atoms with Gasteiger partial charge >= 0.3 is 0 Å². The average Bonchev–Trinajstić information content (AvgIpc) is 2.01. The van der Waals surface area contributed by atoms with Crippen LogP contribution in [0.4, 0.5) is 5.69 Å². The fourth-order valence-corrected chi connectivity index (χ4v) is 1.27. The Morgan fingerprint density at radius 1 is 1.54 bits per heavy atom. The Hall–Kier alpha value is -1.58.